The first-order valence-electron chi connectivity index (χ1n) is 35.4. The van der Waals surface area contributed by atoms with Gasteiger partial charge in [0, 0.05) is 19.3 Å². The highest BCUT2D eigenvalue weighted by Crippen LogP contribution is 2.17. The molecular formula is C77H132O6. The number of carbonyl (C=O) groups excluding carboxylic acids is 3. The SMILES string of the molecule is CC/C=C\C/C=C\C/C=C\C/C=C\CCCCCCC(=O)OC(COC(=O)CCCCCCCCC/C=C\C/C=C\CCCCC)COC(=O)CCCCCCCCCCCCCCCCCC/C=C\C/C=C\C/C=C\CCCCCCC. The number of unbranched alkanes of at least 4 members (excludes halogenated alkanes) is 35. The van der Waals surface area contributed by atoms with Gasteiger partial charge in [0.1, 0.15) is 13.2 Å². The van der Waals surface area contributed by atoms with Crippen LogP contribution in [0.2, 0.25) is 0 Å². The average Bonchev–Trinajstić information content (AvgIpc) is 3.50. The summed E-state index contributed by atoms with van der Waals surface area (Å²) in [5.74, 6) is -0.910. The Kier molecular flexibility index (Phi) is 67.2. The molecule has 0 spiro atoms. The highest BCUT2D eigenvalue weighted by Gasteiger charge is 2.19. The van der Waals surface area contributed by atoms with Crippen LogP contribution >= 0.6 is 0 Å². The Labute approximate surface area is 514 Å². The molecule has 0 rings (SSSR count). The smallest absolute Gasteiger partial charge is 0.306 e. The van der Waals surface area contributed by atoms with Gasteiger partial charge < -0.3 is 14.2 Å². The van der Waals surface area contributed by atoms with Crippen molar-refractivity contribution in [1.29, 1.82) is 0 Å². The van der Waals surface area contributed by atoms with Gasteiger partial charge in [0.25, 0.3) is 0 Å². The fourth-order valence-electron chi connectivity index (χ4n) is 9.94. The zero-order chi connectivity index (χ0) is 59.9. The summed E-state index contributed by atoms with van der Waals surface area (Å²) in [5.41, 5.74) is 0. The van der Waals surface area contributed by atoms with Gasteiger partial charge in [-0.15, -0.1) is 0 Å². The monoisotopic (exact) mass is 1150 g/mol. The molecule has 0 radical (unpaired) electrons. The maximum absolute atomic E-state index is 12.9. The van der Waals surface area contributed by atoms with Crippen LogP contribution in [0, 0.1) is 0 Å². The first-order valence-corrected chi connectivity index (χ1v) is 35.4. The van der Waals surface area contributed by atoms with E-state index >= 15 is 0 Å². The highest BCUT2D eigenvalue weighted by atomic mass is 16.6. The molecule has 0 aliphatic carbocycles. The van der Waals surface area contributed by atoms with Crippen molar-refractivity contribution in [2.24, 2.45) is 0 Å². The van der Waals surface area contributed by atoms with Crippen molar-refractivity contribution < 1.29 is 28.6 Å². The maximum Gasteiger partial charge on any atom is 0.306 e. The molecule has 0 aliphatic heterocycles. The minimum atomic E-state index is -0.797. The zero-order valence-electron chi connectivity index (χ0n) is 54.7. The first kappa shape index (κ1) is 79.1. The van der Waals surface area contributed by atoms with Crippen LogP contribution in [0.4, 0.5) is 0 Å². The predicted molar refractivity (Wildman–Crippen MR) is 362 cm³/mol. The molecule has 0 heterocycles. The van der Waals surface area contributed by atoms with E-state index in [4.69, 9.17) is 14.2 Å². The molecule has 0 amide bonds. The van der Waals surface area contributed by atoms with Crippen LogP contribution in [0.1, 0.15) is 342 Å². The molecular weight excluding hydrogens is 1020 g/mol. The van der Waals surface area contributed by atoms with Gasteiger partial charge in [-0.25, -0.2) is 0 Å². The molecule has 0 saturated carbocycles. The number of hydrogen-bond acceptors (Lipinski definition) is 6. The second-order valence-electron chi connectivity index (χ2n) is 23.4. The lowest BCUT2D eigenvalue weighted by Gasteiger charge is -2.18. The summed E-state index contributed by atoms with van der Waals surface area (Å²) >= 11 is 0. The first-order chi connectivity index (χ1) is 41.0. The summed E-state index contributed by atoms with van der Waals surface area (Å²) in [5, 5.41) is 0. The summed E-state index contributed by atoms with van der Waals surface area (Å²) < 4.78 is 17.0. The normalized spacial score (nSPS) is 12.8. The molecule has 0 saturated heterocycles. The number of rotatable bonds is 64. The fourth-order valence-corrected chi connectivity index (χ4v) is 9.94. The lowest BCUT2D eigenvalue weighted by Crippen LogP contribution is -2.30. The Bertz CT molecular complexity index is 1660. The lowest BCUT2D eigenvalue weighted by molar-refractivity contribution is -0.167. The Hall–Kier alpha value is -3.93. The van der Waals surface area contributed by atoms with Gasteiger partial charge in [0.05, 0.1) is 0 Å². The molecule has 476 valence electrons. The molecule has 1 unspecified atom stereocenters. The van der Waals surface area contributed by atoms with Crippen molar-refractivity contribution in [2.75, 3.05) is 13.2 Å². The van der Waals surface area contributed by atoms with Gasteiger partial charge in [-0.1, -0.05) is 304 Å². The van der Waals surface area contributed by atoms with Crippen molar-refractivity contribution in [3.05, 3.63) is 109 Å². The number of allylic oxidation sites excluding steroid dienone is 18. The molecule has 83 heavy (non-hydrogen) atoms. The number of esters is 3. The van der Waals surface area contributed by atoms with Gasteiger partial charge >= 0.3 is 17.9 Å². The molecule has 0 aromatic rings. The van der Waals surface area contributed by atoms with Gasteiger partial charge in [0.15, 0.2) is 6.10 Å². The van der Waals surface area contributed by atoms with E-state index in [1.54, 1.807) is 0 Å². The Balaban J connectivity index is 4.28. The zero-order valence-corrected chi connectivity index (χ0v) is 54.7. The van der Waals surface area contributed by atoms with E-state index in [2.05, 4.69) is 130 Å². The largest absolute Gasteiger partial charge is 0.462 e. The van der Waals surface area contributed by atoms with Crippen molar-refractivity contribution in [3.63, 3.8) is 0 Å². The minimum absolute atomic E-state index is 0.0898. The maximum atomic E-state index is 12.9. The fraction of sp³-hybridized carbons (Fsp3) is 0.727. The standard InChI is InChI=1S/C77H132O6/c1-4-7-10-13-16-19-22-25-28-31-32-33-34-35-36-37-38-39-40-41-42-43-44-47-49-52-55-58-61-64-67-70-76(79)82-73-74(83-77(80)71-68-65-62-59-56-53-50-46-30-27-24-21-18-15-12-9-6-3)72-81-75(78)69-66-63-60-57-54-51-48-45-29-26-23-20-17-14-11-8-5-2/h9,12,17-18,20-22,25-27,29-32,34-35,50,53,74H,4-8,10-11,13-16,19,23-24,28,33,36-49,51-52,54-73H2,1-3H3/b12-9-,20-17-,21-18-,25-22-,29-26-,30-27-,32-31-,35-34-,53-50-. The molecule has 0 aromatic carbocycles. The third-order valence-electron chi connectivity index (χ3n) is 15.2. The summed E-state index contributed by atoms with van der Waals surface area (Å²) in [7, 11) is 0. The third kappa shape index (κ3) is 68.7. The molecule has 0 N–H and O–H groups in total. The second kappa shape index (κ2) is 70.6. The third-order valence-corrected chi connectivity index (χ3v) is 15.2. The van der Waals surface area contributed by atoms with E-state index in [9.17, 15) is 14.4 Å². The van der Waals surface area contributed by atoms with Crippen LogP contribution in [0.5, 0.6) is 0 Å². The summed E-state index contributed by atoms with van der Waals surface area (Å²) in [6.07, 6.45) is 96.9. The molecule has 0 aliphatic rings. The van der Waals surface area contributed by atoms with Crippen molar-refractivity contribution in [2.45, 2.75) is 348 Å². The topological polar surface area (TPSA) is 78.9 Å². The molecule has 1 atom stereocenters. The Morgan fingerprint density at radius 2 is 0.470 bits per heavy atom. The van der Waals surface area contributed by atoms with Crippen molar-refractivity contribution >= 4 is 17.9 Å². The number of carbonyl (C=O) groups is 3. The van der Waals surface area contributed by atoms with E-state index in [1.165, 1.54) is 180 Å². The number of hydrogen-bond donors (Lipinski definition) is 0. The van der Waals surface area contributed by atoms with E-state index in [-0.39, 0.29) is 31.1 Å². The van der Waals surface area contributed by atoms with Crippen LogP contribution in [0.25, 0.3) is 0 Å². The van der Waals surface area contributed by atoms with Gasteiger partial charge in [0.2, 0.25) is 0 Å². The van der Waals surface area contributed by atoms with Crippen molar-refractivity contribution in [3.8, 4) is 0 Å². The number of ether oxygens (including phenoxy) is 3. The van der Waals surface area contributed by atoms with Crippen LogP contribution in [-0.2, 0) is 28.6 Å². The van der Waals surface area contributed by atoms with E-state index in [0.717, 1.165) is 122 Å². The second-order valence-corrected chi connectivity index (χ2v) is 23.4. The van der Waals surface area contributed by atoms with Crippen LogP contribution in [0.3, 0.4) is 0 Å². The predicted octanol–water partition coefficient (Wildman–Crippen LogP) is 24.6. The van der Waals surface area contributed by atoms with Gasteiger partial charge in [-0.3, -0.25) is 14.4 Å². The molecule has 6 nitrogen and oxygen atoms in total. The summed E-state index contributed by atoms with van der Waals surface area (Å²) in [4.78, 5) is 38.4. The van der Waals surface area contributed by atoms with Crippen LogP contribution < -0.4 is 0 Å². The minimum Gasteiger partial charge on any atom is -0.462 e. The van der Waals surface area contributed by atoms with E-state index in [0.29, 0.717) is 19.3 Å². The highest BCUT2D eigenvalue weighted by molar-refractivity contribution is 5.71. The van der Waals surface area contributed by atoms with Crippen LogP contribution in [0.15, 0.2) is 109 Å². The van der Waals surface area contributed by atoms with E-state index in [1.807, 2.05) is 0 Å². The average molecular weight is 1150 g/mol. The van der Waals surface area contributed by atoms with E-state index < -0.39 is 6.10 Å². The summed E-state index contributed by atoms with van der Waals surface area (Å²) in [6.45, 7) is 6.50. The van der Waals surface area contributed by atoms with Gasteiger partial charge in [-0.2, -0.15) is 0 Å². The molecule has 0 fully saturated rings. The van der Waals surface area contributed by atoms with Crippen LogP contribution in [-0.4, -0.2) is 37.2 Å². The molecule has 6 heteroatoms. The van der Waals surface area contributed by atoms with Crippen molar-refractivity contribution in [1.82, 2.24) is 0 Å². The molecule has 0 bridgehead atoms. The Morgan fingerprint density at radius 3 is 0.759 bits per heavy atom. The molecule has 0 aromatic heterocycles. The Morgan fingerprint density at radius 1 is 0.253 bits per heavy atom. The quantitative estimate of drug-likeness (QED) is 0.0261. The summed E-state index contributed by atoms with van der Waals surface area (Å²) in [6, 6.07) is 0. The van der Waals surface area contributed by atoms with Gasteiger partial charge in [-0.05, 0) is 128 Å². The lowest BCUT2D eigenvalue weighted by atomic mass is 10.0.